The average Bonchev–Trinajstić information content (AvgIpc) is 2.41. The summed E-state index contributed by atoms with van der Waals surface area (Å²) in [4.78, 5) is 11.7. The molecule has 0 aliphatic carbocycles. The highest BCUT2D eigenvalue weighted by molar-refractivity contribution is 5.76. The van der Waals surface area contributed by atoms with Crippen molar-refractivity contribution in [1.82, 2.24) is 0 Å². The zero-order valence-electron chi connectivity index (χ0n) is 15.1. The van der Waals surface area contributed by atoms with E-state index in [9.17, 15) is 9.90 Å². The van der Waals surface area contributed by atoms with Crippen LogP contribution >= 0.6 is 0 Å². The average molecular weight is 318 g/mol. The topological polar surface area (TPSA) is 46.5 Å². The number of aliphatic carboxylic acids is 1. The molecule has 128 valence electrons. The third kappa shape index (κ3) is 4.07. The van der Waals surface area contributed by atoms with Gasteiger partial charge >= 0.3 is 5.97 Å². The fraction of sp³-hybridized carbons (Fsp3) is 0.650. The second-order valence-corrected chi connectivity index (χ2v) is 8.06. The SMILES string of the molecule is CCCCC[C@H](C(=O)O)c1ccc2c(c1)C(C)(C)CC(C)(C)O2. The first-order valence-corrected chi connectivity index (χ1v) is 8.72. The second-order valence-electron chi connectivity index (χ2n) is 8.06. The van der Waals surface area contributed by atoms with Crippen LogP contribution in [0.15, 0.2) is 18.2 Å². The van der Waals surface area contributed by atoms with Crippen molar-refractivity contribution < 1.29 is 14.6 Å². The van der Waals surface area contributed by atoms with E-state index in [1.54, 1.807) is 0 Å². The Morgan fingerprint density at radius 2 is 1.96 bits per heavy atom. The Morgan fingerprint density at radius 3 is 2.57 bits per heavy atom. The molecule has 0 saturated carbocycles. The molecule has 2 rings (SSSR count). The number of benzene rings is 1. The van der Waals surface area contributed by atoms with Crippen LogP contribution < -0.4 is 4.74 Å². The molecule has 3 nitrogen and oxygen atoms in total. The number of ether oxygens (including phenoxy) is 1. The van der Waals surface area contributed by atoms with Gasteiger partial charge in [0.1, 0.15) is 11.4 Å². The zero-order valence-corrected chi connectivity index (χ0v) is 15.1. The second kappa shape index (κ2) is 6.54. The fourth-order valence-corrected chi connectivity index (χ4v) is 3.91. The summed E-state index contributed by atoms with van der Waals surface area (Å²) < 4.78 is 6.10. The lowest BCUT2D eigenvalue weighted by Gasteiger charge is -2.42. The summed E-state index contributed by atoms with van der Waals surface area (Å²) in [7, 11) is 0. The van der Waals surface area contributed by atoms with Crippen molar-refractivity contribution in [3.05, 3.63) is 29.3 Å². The normalized spacial score (nSPS) is 19.5. The van der Waals surface area contributed by atoms with Crippen LogP contribution in [0.1, 0.15) is 83.8 Å². The van der Waals surface area contributed by atoms with Crippen molar-refractivity contribution >= 4 is 5.97 Å². The summed E-state index contributed by atoms with van der Waals surface area (Å²) in [5.74, 6) is -0.249. The monoisotopic (exact) mass is 318 g/mol. The van der Waals surface area contributed by atoms with Gasteiger partial charge < -0.3 is 9.84 Å². The van der Waals surface area contributed by atoms with E-state index in [-0.39, 0.29) is 11.0 Å². The highest BCUT2D eigenvalue weighted by Gasteiger charge is 2.39. The molecule has 0 fully saturated rings. The lowest BCUT2D eigenvalue weighted by Crippen LogP contribution is -2.41. The summed E-state index contributed by atoms with van der Waals surface area (Å²) >= 11 is 0. The summed E-state index contributed by atoms with van der Waals surface area (Å²) in [6, 6.07) is 5.96. The van der Waals surface area contributed by atoms with Crippen LogP contribution in [0, 0.1) is 0 Å². The van der Waals surface area contributed by atoms with Crippen LogP contribution in [0.25, 0.3) is 0 Å². The van der Waals surface area contributed by atoms with Crippen molar-refractivity contribution in [2.45, 2.75) is 83.7 Å². The molecule has 0 spiro atoms. The van der Waals surface area contributed by atoms with E-state index >= 15 is 0 Å². The first kappa shape index (κ1) is 17.8. The minimum atomic E-state index is -0.726. The van der Waals surface area contributed by atoms with E-state index < -0.39 is 11.9 Å². The molecular weight excluding hydrogens is 288 g/mol. The van der Waals surface area contributed by atoms with Gasteiger partial charge in [0.25, 0.3) is 0 Å². The molecule has 0 radical (unpaired) electrons. The van der Waals surface area contributed by atoms with Gasteiger partial charge in [-0.1, -0.05) is 52.2 Å². The Labute approximate surface area is 140 Å². The van der Waals surface area contributed by atoms with Crippen molar-refractivity contribution in [1.29, 1.82) is 0 Å². The van der Waals surface area contributed by atoms with E-state index in [4.69, 9.17) is 4.74 Å². The van der Waals surface area contributed by atoms with Gasteiger partial charge in [0.15, 0.2) is 0 Å². The van der Waals surface area contributed by atoms with E-state index in [2.05, 4.69) is 40.7 Å². The fourth-order valence-electron chi connectivity index (χ4n) is 3.91. The maximum atomic E-state index is 11.7. The predicted molar refractivity (Wildman–Crippen MR) is 93.3 cm³/mol. The number of fused-ring (bicyclic) bond motifs is 1. The lowest BCUT2D eigenvalue weighted by molar-refractivity contribution is -0.139. The van der Waals surface area contributed by atoms with E-state index in [1.165, 1.54) is 0 Å². The van der Waals surface area contributed by atoms with Gasteiger partial charge in [-0.15, -0.1) is 0 Å². The number of hydrogen-bond acceptors (Lipinski definition) is 2. The van der Waals surface area contributed by atoms with Gasteiger partial charge in [0, 0.05) is 5.56 Å². The third-order valence-electron chi connectivity index (χ3n) is 4.78. The molecule has 0 bridgehead atoms. The molecule has 1 atom stereocenters. The van der Waals surface area contributed by atoms with E-state index in [0.29, 0.717) is 6.42 Å². The lowest BCUT2D eigenvalue weighted by atomic mass is 9.73. The molecular formula is C20H30O3. The van der Waals surface area contributed by atoms with Crippen LogP contribution in [0.4, 0.5) is 0 Å². The molecule has 1 aliphatic rings. The van der Waals surface area contributed by atoms with Crippen molar-refractivity contribution in [2.75, 3.05) is 0 Å². The zero-order chi connectivity index (χ0) is 17.3. The summed E-state index contributed by atoms with van der Waals surface area (Å²) in [6.45, 7) is 10.8. The number of carboxylic acids is 1. The highest BCUT2D eigenvalue weighted by Crippen LogP contribution is 2.45. The molecule has 0 amide bonds. The Bertz CT molecular complexity index is 572. The summed E-state index contributed by atoms with van der Waals surface area (Å²) in [5.41, 5.74) is 1.84. The van der Waals surface area contributed by atoms with Crippen LogP contribution in [0.2, 0.25) is 0 Å². The summed E-state index contributed by atoms with van der Waals surface area (Å²) in [5, 5.41) is 9.61. The predicted octanol–water partition coefficient (Wildman–Crippen LogP) is 5.27. The Hall–Kier alpha value is -1.51. The first-order valence-electron chi connectivity index (χ1n) is 8.72. The molecule has 1 aliphatic heterocycles. The molecule has 1 heterocycles. The van der Waals surface area contributed by atoms with Crippen molar-refractivity contribution in [2.24, 2.45) is 0 Å². The smallest absolute Gasteiger partial charge is 0.310 e. The molecule has 1 aromatic carbocycles. The number of rotatable bonds is 6. The van der Waals surface area contributed by atoms with Gasteiger partial charge in [0.2, 0.25) is 0 Å². The van der Waals surface area contributed by atoms with Gasteiger partial charge in [-0.25, -0.2) is 0 Å². The number of unbranched alkanes of at least 4 members (excludes halogenated alkanes) is 2. The first-order chi connectivity index (χ1) is 10.7. The minimum absolute atomic E-state index is 0.0143. The maximum Gasteiger partial charge on any atom is 0.310 e. The Kier molecular flexibility index (Phi) is 5.07. The molecule has 0 unspecified atom stereocenters. The van der Waals surface area contributed by atoms with Crippen molar-refractivity contribution in [3.63, 3.8) is 0 Å². The van der Waals surface area contributed by atoms with Gasteiger partial charge in [0.05, 0.1) is 5.92 Å². The largest absolute Gasteiger partial charge is 0.488 e. The van der Waals surface area contributed by atoms with Crippen LogP contribution in [0.3, 0.4) is 0 Å². The molecule has 1 aromatic rings. The van der Waals surface area contributed by atoms with Crippen LogP contribution in [-0.2, 0) is 10.2 Å². The van der Waals surface area contributed by atoms with E-state index in [0.717, 1.165) is 42.6 Å². The minimum Gasteiger partial charge on any atom is -0.488 e. The van der Waals surface area contributed by atoms with Gasteiger partial charge in [-0.2, -0.15) is 0 Å². The van der Waals surface area contributed by atoms with Crippen molar-refractivity contribution in [3.8, 4) is 5.75 Å². The van der Waals surface area contributed by atoms with Gasteiger partial charge in [-0.3, -0.25) is 4.79 Å². The molecule has 3 heteroatoms. The van der Waals surface area contributed by atoms with Gasteiger partial charge in [-0.05, 0) is 43.7 Å². The number of carboxylic acid groups (broad SMARTS) is 1. The third-order valence-corrected chi connectivity index (χ3v) is 4.78. The molecule has 1 N–H and O–H groups in total. The summed E-state index contributed by atoms with van der Waals surface area (Å²) in [6.07, 6.45) is 4.76. The maximum absolute atomic E-state index is 11.7. The Balaban J connectivity index is 2.34. The molecule has 0 saturated heterocycles. The Morgan fingerprint density at radius 1 is 1.26 bits per heavy atom. The number of carbonyl (C=O) groups is 1. The number of hydrogen-bond donors (Lipinski definition) is 1. The standard InChI is InChI=1S/C20H30O3/c1-6-7-8-9-15(18(21)22)14-10-11-17-16(12-14)19(2,3)13-20(4,5)23-17/h10-12,15H,6-9,13H2,1-5H3,(H,21,22)/t15-/m0/s1. The highest BCUT2D eigenvalue weighted by atomic mass is 16.5. The van der Waals surface area contributed by atoms with Crippen LogP contribution in [0.5, 0.6) is 5.75 Å². The molecule has 23 heavy (non-hydrogen) atoms. The van der Waals surface area contributed by atoms with Crippen LogP contribution in [-0.4, -0.2) is 16.7 Å². The quantitative estimate of drug-likeness (QED) is 0.726. The molecule has 0 aromatic heterocycles. The van der Waals surface area contributed by atoms with E-state index in [1.807, 2.05) is 12.1 Å².